The van der Waals surface area contributed by atoms with Crippen LogP contribution in [-0.4, -0.2) is 0 Å². The summed E-state index contributed by atoms with van der Waals surface area (Å²) in [7, 11) is 2.06. The van der Waals surface area contributed by atoms with E-state index in [1.54, 1.807) is 6.07 Å². The monoisotopic (exact) mass is 320 g/mol. The van der Waals surface area contributed by atoms with Crippen molar-refractivity contribution in [2.75, 3.05) is 0 Å². The molecule has 0 radical (unpaired) electrons. The molecule has 3 rings (SSSR count). The molecule has 1 nitrogen and oxygen atoms in total. The molecule has 0 aliphatic heterocycles. The molecule has 0 amide bonds. The van der Waals surface area contributed by atoms with Crippen molar-refractivity contribution in [2.24, 2.45) is 12.5 Å². The Morgan fingerprint density at radius 3 is 2.54 bits per heavy atom. The normalized spacial score (nSPS) is 13.1. The van der Waals surface area contributed by atoms with Gasteiger partial charge in [-0.1, -0.05) is 51.1 Å². The van der Waals surface area contributed by atoms with Crippen LogP contribution in [0.25, 0.3) is 22.0 Å². The van der Waals surface area contributed by atoms with E-state index < -0.39 is 0 Å². The quantitative estimate of drug-likeness (QED) is 0.546. The van der Waals surface area contributed by atoms with Crippen molar-refractivity contribution >= 4 is 10.8 Å². The molecule has 2 aromatic carbocycles. The molecule has 0 spiro atoms. The van der Waals surface area contributed by atoms with Crippen LogP contribution in [0.2, 0.25) is 0 Å². The summed E-state index contributed by atoms with van der Waals surface area (Å²) in [4.78, 5) is 0. The Bertz CT molecular complexity index is 997. The third kappa shape index (κ3) is 3.21. The van der Waals surface area contributed by atoms with Gasteiger partial charge in [-0.25, -0.2) is 0 Å². The molecule has 0 saturated carbocycles. The van der Waals surface area contributed by atoms with E-state index in [2.05, 4.69) is 63.6 Å². The molecule has 1 aromatic heterocycles. The Hall–Kier alpha value is -2.15. The van der Waals surface area contributed by atoms with Gasteiger partial charge in [0.25, 0.3) is 0 Å². The summed E-state index contributed by atoms with van der Waals surface area (Å²) in [5.74, 6) is 0. The molecule has 3 aromatic rings. The zero-order valence-corrected chi connectivity index (χ0v) is 15.6. The summed E-state index contributed by atoms with van der Waals surface area (Å²) in [6.45, 7) is 10.9. The van der Waals surface area contributed by atoms with E-state index in [0.29, 0.717) is 12.1 Å². The van der Waals surface area contributed by atoms with Gasteiger partial charge in [0.2, 0.25) is 5.69 Å². The van der Waals surface area contributed by atoms with E-state index in [9.17, 15) is 0 Å². The first-order chi connectivity index (χ1) is 12.1. The molecule has 0 N–H and O–H groups in total. The predicted octanol–water partition coefficient (Wildman–Crippen LogP) is 5.54. The molecule has 24 heavy (non-hydrogen) atoms. The van der Waals surface area contributed by atoms with Crippen molar-refractivity contribution in [1.82, 2.24) is 0 Å². The molecule has 0 atom stereocenters. The lowest BCUT2D eigenvalue weighted by molar-refractivity contribution is -0.665. The first-order valence-electron chi connectivity index (χ1n) is 9.57. The highest BCUT2D eigenvalue weighted by Gasteiger charge is 2.20. The number of hydrogen-bond acceptors (Lipinski definition) is 0. The summed E-state index contributed by atoms with van der Waals surface area (Å²) in [6.07, 6.45) is 1.04. The Morgan fingerprint density at radius 1 is 1.08 bits per heavy atom. The Labute approximate surface area is 148 Å². The molecular weight excluding hydrogens is 290 g/mol. The standard InChI is InChI=1S/C23H28N/c1-16-9-7-8-10-20(16)22-21-12-11-18(15-23(3,4)5)14-19(21)13-17(2)24(22)6/h7-14H,15H2,1-6H3/q+1/i8D,9D. The van der Waals surface area contributed by atoms with E-state index in [-0.39, 0.29) is 5.41 Å². The fourth-order valence-electron chi connectivity index (χ4n) is 3.38. The number of benzene rings is 2. The lowest BCUT2D eigenvalue weighted by atomic mass is 9.87. The van der Waals surface area contributed by atoms with Gasteiger partial charge in [0.15, 0.2) is 5.69 Å². The van der Waals surface area contributed by atoms with Crippen LogP contribution >= 0.6 is 0 Å². The number of pyridine rings is 1. The lowest BCUT2D eigenvalue weighted by Crippen LogP contribution is -2.35. The first kappa shape index (κ1) is 14.2. The summed E-state index contributed by atoms with van der Waals surface area (Å²) in [5.41, 5.74) is 5.74. The molecule has 1 heteroatoms. The second-order valence-electron chi connectivity index (χ2n) is 7.99. The fraction of sp³-hybridized carbons (Fsp3) is 0.348. The average molecular weight is 320 g/mol. The van der Waals surface area contributed by atoms with Gasteiger partial charge >= 0.3 is 0 Å². The Kier molecular flexibility index (Phi) is 3.58. The highest BCUT2D eigenvalue weighted by atomic mass is 14.9. The SMILES string of the molecule is [2H]c1cc([2H])c(C)c(-c2c3ccc(CC(C)(C)C)cc3cc(C)[n+]2C)c1. The van der Waals surface area contributed by atoms with Gasteiger partial charge < -0.3 is 0 Å². The van der Waals surface area contributed by atoms with E-state index >= 15 is 0 Å². The highest BCUT2D eigenvalue weighted by molar-refractivity contribution is 5.94. The van der Waals surface area contributed by atoms with Crippen molar-refractivity contribution in [3.05, 3.63) is 65.3 Å². The van der Waals surface area contributed by atoms with Crippen LogP contribution in [0.1, 0.15) is 40.3 Å². The Morgan fingerprint density at radius 2 is 1.83 bits per heavy atom. The second-order valence-corrected chi connectivity index (χ2v) is 7.99. The molecule has 0 saturated heterocycles. The second kappa shape index (κ2) is 6.05. The fourth-order valence-corrected chi connectivity index (χ4v) is 3.38. The topological polar surface area (TPSA) is 3.88 Å². The molecule has 0 fully saturated rings. The minimum atomic E-state index is 0.251. The van der Waals surface area contributed by atoms with Gasteiger partial charge in [-0.15, -0.1) is 0 Å². The van der Waals surface area contributed by atoms with Crippen molar-refractivity contribution in [3.8, 4) is 11.3 Å². The predicted molar refractivity (Wildman–Crippen MR) is 103 cm³/mol. The molecule has 0 aliphatic carbocycles. The van der Waals surface area contributed by atoms with E-state index in [1.165, 1.54) is 22.0 Å². The van der Waals surface area contributed by atoms with Crippen LogP contribution in [0.5, 0.6) is 0 Å². The summed E-state index contributed by atoms with van der Waals surface area (Å²) in [6, 6.07) is 13.2. The summed E-state index contributed by atoms with van der Waals surface area (Å²) >= 11 is 0. The molecule has 0 aliphatic rings. The van der Waals surface area contributed by atoms with Crippen LogP contribution in [0.4, 0.5) is 0 Å². The third-order valence-electron chi connectivity index (χ3n) is 4.59. The zero-order chi connectivity index (χ0) is 19.2. The van der Waals surface area contributed by atoms with Gasteiger partial charge in [-0.05, 0) is 47.4 Å². The van der Waals surface area contributed by atoms with Crippen LogP contribution in [0.15, 0.2) is 48.5 Å². The van der Waals surface area contributed by atoms with Gasteiger partial charge in [0.05, 0.1) is 8.13 Å². The van der Waals surface area contributed by atoms with E-state index in [1.807, 2.05) is 13.0 Å². The molecule has 1 heterocycles. The van der Waals surface area contributed by atoms with Crippen molar-refractivity contribution in [1.29, 1.82) is 0 Å². The van der Waals surface area contributed by atoms with Crippen LogP contribution in [0.3, 0.4) is 0 Å². The maximum Gasteiger partial charge on any atom is 0.220 e. The van der Waals surface area contributed by atoms with E-state index in [0.717, 1.165) is 23.2 Å². The number of nitrogens with zero attached hydrogens (tertiary/aromatic N) is 1. The maximum absolute atomic E-state index is 8.19. The highest BCUT2D eigenvalue weighted by Crippen LogP contribution is 2.30. The number of fused-ring (bicyclic) bond motifs is 1. The maximum atomic E-state index is 8.19. The van der Waals surface area contributed by atoms with E-state index in [4.69, 9.17) is 2.74 Å². The minimum Gasteiger partial charge on any atom is -0.198 e. The van der Waals surface area contributed by atoms with Crippen molar-refractivity contribution in [2.45, 2.75) is 41.0 Å². The minimum absolute atomic E-state index is 0.251. The smallest absolute Gasteiger partial charge is 0.198 e. The van der Waals surface area contributed by atoms with Crippen LogP contribution < -0.4 is 4.57 Å². The van der Waals surface area contributed by atoms with Gasteiger partial charge in [0, 0.05) is 18.6 Å². The number of aromatic nitrogens is 1. The van der Waals surface area contributed by atoms with Crippen molar-refractivity contribution < 1.29 is 7.31 Å². The summed E-state index contributed by atoms with van der Waals surface area (Å²) in [5, 5.41) is 2.39. The largest absolute Gasteiger partial charge is 0.220 e. The van der Waals surface area contributed by atoms with Crippen molar-refractivity contribution in [3.63, 3.8) is 0 Å². The summed E-state index contributed by atoms with van der Waals surface area (Å²) < 4.78 is 18.4. The van der Waals surface area contributed by atoms with Gasteiger partial charge in [0.1, 0.15) is 7.05 Å². The number of rotatable bonds is 2. The third-order valence-corrected chi connectivity index (χ3v) is 4.59. The number of hydrogen-bond donors (Lipinski definition) is 0. The number of aryl methyl sites for hydroxylation is 1. The first-order valence-corrected chi connectivity index (χ1v) is 8.57. The Balaban J connectivity index is 2.31. The molecule has 0 bridgehead atoms. The lowest BCUT2D eigenvalue weighted by Gasteiger charge is -2.18. The van der Waals surface area contributed by atoms with Gasteiger partial charge in [-0.3, -0.25) is 0 Å². The molecular formula is C23H28N+. The molecule has 0 unspecified atom stereocenters. The van der Waals surface area contributed by atoms with Gasteiger partial charge in [-0.2, -0.15) is 4.57 Å². The zero-order valence-electron chi connectivity index (χ0n) is 17.6. The van der Waals surface area contributed by atoms with Crippen LogP contribution in [-0.2, 0) is 13.5 Å². The molecule has 124 valence electrons. The van der Waals surface area contributed by atoms with Crippen LogP contribution in [0, 0.1) is 19.3 Å². The average Bonchev–Trinajstić information content (AvgIpc) is 2.51.